The van der Waals surface area contributed by atoms with E-state index in [0.29, 0.717) is 13.1 Å². The summed E-state index contributed by atoms with van der Waals surface area (Å²) in [7, 11) is 0. The van der Waals surface area contributed by atoms with Gasteiger partial charge in [0.25, 0.3) is 0 Å². The van der Waals surface area contributed by atoms with E-state index in [9.17, 15) is 9.59 Å². The van der Waals surface area contributed by atoms with Gasteiger partial charge in [-0.3, -0.25) is 0 Å². The molecule has 0 unspecified atom stereocenters. The maximum atomic E-state index is 12.5. The molecule has 0 bridgehead atoms. The summed E-state index contributed by atoms with van der Waals surface area (Å²) in [6, 6.07) is 15.9. The molecule has 3 rings (SSSR count). The maximum absolute atomic E-state index is 12.5. The van der Waals surface area contributed by atoms with Crippen LogP contribution in [-0.2, 0) is 19.6 Å². The number of ether oxygens (including phenoxy) is 3. The van der Waals surface area contributed by atoms with Crippen LogP contribution >= 0.6 is 0 Å². The lowest BCUT2D eigenvalue weighted by molar-refractivity contribution is 0.0303. The van der Waals surface area contributed by atoms with E-state index in [1.807, 2.05) is 62.4 Å². The van der Waals surface area contributed by atoms with Crippen molar-refractivity contribution in [3.63, 3.8) is 0 Å². The summed E-state index contributed by atoms with van der Waals surface area (Å²) in [5.74, 6) is 0. The Morgan fingerprint density at radius 3 is 1.83 bits per heavy atom. The van der Waals surface area contributed by atoms with Crippen molar-refractivity contribution in [2.45, 2.75) is 26.2 Å². The molecule has 6 heteroatoms. The quantitative estimate of drug-likeness (QED) is 0.639. The zero-order chi connectivity index (χ0) is 20.9. The summed E-state index contributed by atoms with van der Waals surface area (Å²) >= 11 is 0. The summed E-state index contributed by atoms with van der Waals surface area (Å²) in [4.78, 5) is 26.1. The van der Waals surface area contributed by atoms with Crippen LogP contribution in [0.25, 0.3) is 11.1 Å². The lowest BCUT2D eigenvalue weighted by atomic mass is 9.79. The molecule has 1 amide bonds. The fourth-order valence-electron chi connectivity index (χ4n) is 3.87. The molecule has 0 spiro atoms. The molecule has 154 valence electrons. The predicted octanol–water partition coefficient (Wildman–Crippen LogP) is 4.60. The second-order valence-electron chi connectivity index (χ2n) is 6.87. The third kappa shape index (κ3) is 3.92. The number of amides is 1. The van der Waals surface area contributed by atoms with Crippen LogP contribution in [0.4, 0.5) is 9.59 Å². The van der Waals surface area contributed by atoms with Gasteiger partial charge in [0.05, 0.1) is 12.0 Å². The van der Waals surface area contributed by atoms with Crippen LogP contribution in [0.5, 0.6) is 0 Å². The summed E-state index contributed by atoms with van der Waals surface area (Å²) in [5, 5.41) is 0. The Labute approximate surface area is 171 Å². The molecule has 0 radical (unpaired) electrons. The van der Waals surface area contributed by atoms with Gasteiger partial charge in [-0.15, -0.1) is 0 Å². The van der Waals surface area contributed by atoms with Crippen LogP contribution in [-0.4, -0.2) is 50.1 Å². The number of nitrogens with zero attached hydrogens (tertiary/aromatic N) is 1. The van der Waals surface area contributed by atoms with Crippen LogP contribution in [0, 0.1) is 0 Å². The summed E-state index contributed by atoms with van der Waals surface area (Å²) in [6.45, 7) is 6.99. The van der Waals surface area contributed by atoms with E-state index in [-0.39, 0.29) is 25.9 Å². The van der Waals surface area contributed by atoms with E-state index in [1.165, 1.54) is 0 Å². The Balaban J connectivity index is 1.99. The maximum Gasteiger partial charge on any atom is 0.508 e. The number of hydrogen-bond acceptors (Lipinski definition) is 5. The SMILES string of the molecule is CCOC(=O)OCC1(COC(=O)N(CC)CC)c2ccccc2-c2ccccc21. The van der Waals surface area contributed by atoms with Crippen LogP contribution in [0.1, 0.15) is 31.9 Å². The third-order valence-electron chi connectivity index (χ3n) is 5.34. The number of benzene rings is 2. The van der Waals surface area contributed by atoms with Gasteiger partial charge < -0.3 is 19.1 Å². The number of rotatable bonds is 7. The van der Waals surface area contributed by atoms with Crippen molar-refractivity contribution in [2.24, 2.45) is 0 Å². The van der Waals surface area contributed by atoms with E-state index < -0.39 is 11.6 Å². The van der Waals surface area contributed by atoms with E-state index in [0.717, 1.165) is 22.3 Å². The van der Waals surface area contributed by atoms with Gasteiger partial charge in [-0.1, -0.05) is 48.5 Å². The first-order valence-corrected chi connectivity index (χ1v) is 9.98. The number of carbonyl (C=O) groups excluding carboxylic acids is 2. The molecule has 6 nitrogen and oxygen atoms in total. The second kappa shape index (κ2) is 8.99. The van der Waals surface area contributed by atoms with Crippen molar-refractivity contribution >= 4 is 12.2 Å². The van der Waals surface area contributed by atoms with Crippen molar-refractivity contribution in [1.29, 1.82) is 0 Å². The first-order chi connectivity index (χ1) is 14.1. The highest BCUT2D eigenvalue weighted by Gasteiger charge is 2.45. The highest BCUT2D eigenvalue weighted by molar-refractivity contribution is 5.81. The fraction of sp³-hybridized carbons (Fsp3) is 0.391. The average molecular weight is 397 g/mol. The molecule has 29 heavy (non-hydrogen) atoms. The third-order valence-corrected chi connectivity index (χ3v) is 5.34. The highest BCUT2D eigenvalue weighted by atomic mass is 16.7. The topological polar surface area (TPSA) is 65.1 Å². The van der Waals surface area contributed by atoms with Gasteiger partial charge in [-0.05, 0) is 43.0 Å². The van der Waals surface area contributed by atoms with E-state index in [1.54, 1.807) is 11.8 Å². The van der Waals surface area contributed by atoms with E-state index in [2.05, 4.69) is 0 Å². The molecular weight excluding hydrogens is 370 g/mol. The van der Waals surface area contributed by atoms with Gasteiger partial charge in [0.15, 0.2) is 0 Å². The largest absolute Gasteiger partial charge is 0.508 e. The number of carbonyl (C=O) groups is 2. The Morgan fingerprint density at radius 1 is 0.793 bits per heavy atom. The first kappa shape index (κ1) is 20.7. The van der Waals surface area contributed by atoms with E-state index in [4.69, 9.17) is 14.2 Å². The molecule has 0 saturated carbocycles. The van der Waals surface area contributed by atoms with Crippen LogP contribution in [0.3, 0.4) is 0 Å². The molecule has 0 atom stereocenters. The monoisotopic (exact) mass is 397 g/mol. The Morgan fingerprint density at radius 2 is 1.31 bits per heavy atom. The minimum Gasteiger partial charge on any atom is -0.448 e. The molecule has 1 aliphatic rings. The minimum atomic E-state index is -0.789. The molecular formula is C23H27NO5. The van der Waals surface area contributed by atoms with Crippen LogP contribution in [0.15, 0.2) is 48.5 Å². The zero-order valence-corrected chi connectivity index (χ0v) is 17.1. The van der Waals surface area contributed by atoms with Crippen molar-refractivity contribution in [3.05, 3.63) is 59.7 Å². The predicted molar refractivity (Wildman–Crippen MR) is 110 cm³/mol. The number of fused-ring (bicyclic) bond motifs is 3. The first-order valence-electron chi connectivity index (χ1n) is 9.98. The van der Waals surface area contributed by atoms with Gasteiger partial charge in [-0.2, -0.15) is 0 Å². The van der Waals surface area contributed by atoms with Gasteiger partial charge in [0.1, 0.15) is 13.2 Å². The summed E-state index contributed by atoms with van der Waals surface area (Å²) in [6.07, 6.45) is -1.11. The highest BCUT2D eigenvalue weighted by Crippen LogP contribution is 2.49. The second-order valence-corrected chi connectivity index (χ2v) is 6.87. The lowest BCUT2D eigenvalue weighted by Gasteiger charge is -2.31. The Bertz CT molecular complexity index is 830. The standard InChI is InChI=1S/C23H27NO5/c1-4-24(5-2)21(25)28-15-23(16-29-22(26)27-6-3)19-13-9-7-11-17(19)18-12-8-10-14-20(18)23/h7-14H,4-6,15-16H2,1-3H3. The molecule has 0 aliphatic heterocycles. The molecule has 1 aliphatic carbocycles. The molecule has 0 aromatic heterocycles. The molecule has 0 heterocycles. The van der Waals surface area contributed by atoms with Crippen LogP contribution < -0.4 is 0 Å². The minimum absolute atomic E-state index is 0.0192. The van der Waals surface area contributed by atoms with Crippen molar-refractivity contribution in [3.8, 4) is 11.1 Å². The Hall–Kier alpha value is -3.02. The summed E-state index contributed by atoms with van der Waals surface area (Å²) in [5.41, 5.74) is 3.25. The average Bonchev–Trinajstić information content (AvgIpc) is 3.03. The lowest BCUT2D eigenvalue weighted by Crippen LogP contribution is -2.41. The van der Waals surface area contributed by atoms with E-state index >= 15 is 0 Å². The normalized spacial score (nSPS) is 13.2. The zero-order valence-electron chi connectivity index (χ0n) is 17.1. The van der Waals surface area contributed by atoms with Crippen molar-refractivity contribution in [2.75, 3.05) is 32.9 Å². The van der Waals surface area contributed by atoms with Gasteiger partial charge in [0, 0.05) is 13.1 Å². The fourth-order valence-corrected chi connectivity index (χ4v) is 3.87. The van der Waals surface area contributed by atoms with Gasteiger partial charge in [0.2, 0.25) is 0 Å². The molecule has 0 saturated heterocycles. The van der Waals surface area contributed by atoms with Gasteiger partial charge >= 0.3 is 12.2 Å². The molecule has 0 fully saturated rings. The van der Waals surface area contributed by atoms with Gasteiger partial charge in [-0.25, -0.2) is 9.59 Å². The van der Waals surface area contributed by atoms with Crippen molar-refractivity contribution < 1.29 is 23.8 Å². The smallest absolute Gasteiger partial charge is 0.448 e. The Kier molecular flexibility index (Phi) is 6.42. The summed E-state index contributed by atoms with van der Waals surface area (Å²) < 4.78 is 16.1. The molecule has 2 aromatic rings. The molecule has 0 N–H and O–H groups in total. The number of hydrogen-bond donors (Lipinski definition) is 0. The van der Waals surface area contributed by atoms with Crippen LogP contribution in [0.2, 0.25) is 0 Å². The molecule has 2 aromatic carbocycles. The van der Waals surface area contributed by atoms with Crippen molar-refractivity contribution in [1.82, 2.24) is 4.90 Å².